The van der Waals surface area contributed by atoms with Gasteiger partial charge in [-0.3, -0.25) is 0 Å². The minimum Gasteiger partial charge on any atom is -0.495 e. The molecule has 1 N–H and O–H groups in total. The Balaban J connectivity index is 1.99. The van der Waals surface area contributed by atoms with Gasteiger partial charge in [0.2, 0.25) is 5.95 Å². The van der Waals surface area contributed by atoms with E-state index in [1.807, 2.05) is 55.6 Å². The number of rotatable bonds is 8. The van der Waals surface area contributed by atoms with E-state index in [0.717, 1.165) is 47.9 Å². The number of nitrogens with zero attached hydrogens (tertiary/aromatic N) is 3. The number of para-hydroxylation sites is 2. The number of nitrogens with one attached hydrogen (secondary N) is 1. The number of ether oxygens (including phenoxy) is 1. The number of aromatic nitrogens is 2. The van der Waals surface area contributed by atoms with Crippen LogP contribution in [0, 0.1) is 0 Å². The Hall–Kier alpha value is -3.08. The summed E-state index contributed by atoms with van der Waals surface area (Å²) in [4.78, 5) is 11.6. The SMILES string of the molecule is CCCCN(C)c1nc(Nc2ccccc2OC)cc(-c2ccccc2)n1. The molecule has 2 aromatic carbocycles. The molecule has 0 amide bonds. The molecule has 0 atom stereocenters. The van der Waals surface area contributed by atoms with Crippen molar-refractivity contribution in [3.63, 3.8) is 0 Å². The van der Waals surface area contributed by atoms with Crippen molar-refractivity contribution in [2.24, 2.45) is 0 Å². The van der Waals surface area contributed by atoms with E-state index in [4.69, 9.17) is 14.7 Å². The molecule has 0 radical (unpaired) electrons. The molecule has 3 aromatic rings. The molecule has 0 fully saturated rings. The number of methoxy groups -OCH3 is 1. The largest absolute Gasteiger partial charge is 0.495 e. The first-order valence-electron chi connectivity index (χ1n) is 9.27. The van der Waals surface area contributed by atoms with Crippen LogP contribution in [0.2, 0.25) is 0 Å². The van der Waals surface area contributed by atoms with Gasteiger partial charge in [0.25, 0.3) is 0 Å². The maximum atomic E-state index is 5.45. The quantitative estimate of drug-likeness (QED) is 0.602. The van der Waals surface area contributed by atoms with Crippen LogP contribution in [-0.2, 0) is 0 Å². The molecular weight excluding hydrogens is 336 g/mol. The molecular formula is C22H26N4O. The van der Waals surface area contributed by atoms with Crippen LogP contribution in [0.4, 0.5) is 17.5 Å². The van der Waals surface area contributed by atoms with Crippen molar-refractivity contribution in [2.75, 3.05) is 30.9 Å². The molecule has 5 nitrogen and oxygen atoms in total. The lowest BCUT2D eigenvalue weighted by Gasteiger charge is -2.19. The normalized spacial score (nSPS) is 10.5. The Morgan fingerprint density at radius 1 is 1.00 bits per heavy atom. The van der Waals surface area contributed by atoms with Gasteiger partial charge in [-0.15, -0.1) is 0 Å². The van der Waals surface area contributed by atoms with Crippen LogP contribution < -0.4 is 15.0 Å². The van der Waals surface area contributed by atoms with Gasteiger partial charge in [0, 0.05) is 25.2 Å². The zero-order chi connectivity index (χ0) is 19.1. The third-order valence-electron chi connectivity index (χ3n) is 4.34. The van der Waals surface area contributed by atoms with E-state index in [2.05, 4.69) is 29.3 Å². The van der Waals surface area contributed by atoms with Gasteiger partial charge in [0.05, 0.1) is 18.5 Å². The van der Waals surface area contributed by atoms with Crippen LogP contribution in [0.3, 0.4) is 0 Å². The Kier molecular flexibility index (Phi) is 6.26. The average molecular weight is 362 g/mol. The summed E-state index contributed by atoms with van der Waals surface area (Å²) >= 11 is 0. The summed E-state index contributed by atoms with van der Waals surface area (Å²) in [7, 11) is 3.70. The summed E-state index contributed by atoms with van der Waals surface area (Å²) in [5.41, 5.74) is 2.83. The zero-order valence-electron chi connectivity index (χ0n) is 16.1. The Morgan fingerprint density at radius 3 is 2.48 bits per heavy atom. The summed E-state index contributed by atoms with van der Waals surface area (Å²) in [6, 6.07) is 20.0. The van der Waals surface area contributed by atoms with Crippen molar-refractivity contribution >= 4 is 17.5 Å². The fourth-order valence-electron chi connectivity index (χ4n) is 2.81. The number of hydrogen-bond acceptors (Lipinski definition) is 5. The van der Waals surface area contributed by atoms with Crippen LogP contribution >= 0.6 is 0 Å². The van der Waals surface area contributed by atoms with Crippen LogP contribution in [0.15, 0.2) is 60.7 Å². The molecule has 27 heavy (non-hydrogen) atoms. The van der Waals surface area contributed by atoms with Gasteiger partial charge < -0.3 is 15.0 Å². The molecule has 0 saturated carbocycles. The second-order valence-electron chi connectivity index (χ2n) is 6.40. The molecule has 0 spiro atoms. The van der Waals surface area contributed by atoms with Gasteiger partial charge in [0.15, 0.2) is 0 Å². The van der Waals surface area contributed by atoms with Crippen LogP contribution in [0.1, 0.15) is 19.8 Å². The Bertz CT molecular complexity index is 867. The molecule has 0 unspecified atom stereocenters. The third-order valence-corrected chi connectivity index (χ3v) is 4.34. The lowest BCUT2D eigenvalue weighted by Crippen LogP contribution is -2.21. The van der Waals surface area contributed by atoms with Gasteiger partial charge >= 0.3 is 0 Å². The van der Waals surface area contributed by atoms with E-state index in [1.165, 1.54) is 0 Å². The zero-order valence-corrected chi connectivity index (χ0v) is 16.1. The van der Waals surface area contributed by atoms with Crippen molar-refractivity contribution in [3.05, 3.63) is 60.7 Å². The highest BCUT2D eigenvalue weighted by atomic mass is 16.5. The van der Waals surface area contributed by atoms with E-state index in [9.17, 15) is 0 Å². The molecule has 0 bridgehead atoms. The van der Waals surface area contributed by atoms with Gasteiger partial charge in [-0.2, -0.15) is 4.98 Å². The van der Waals surface area contributed by atoms with Gasteiger partial charge in [0.1, 0.15) is 11.6 Å². The first-order chi connectivity index (χ1) is 13.2. The predicted octanol–water partition coefficient (Wildman–Crippen LogP) is 5.13. The summed E-state index contributed by atoms with van der Waals surface area (Å²) < 4.78 is 5.45. The fraction of sp³-hybridized carbons (Fsp3) is 0.273. The standard InChI is InChI=1S/C22H26N4O/c1-4-5-15-26(2)22-24-19(17-11-7-6-8-12-17)16-21(25-22)23-18-13-9-10-14-20(18)27-3/h6-14,16H,4-5,15H2,1-3H3,(H,23,24,25). The topological polar surface area (TPSA) is 50.3 Å². The summed E-state index contributed by atoms with van der Waals surface area (Å²) in [6.45, 7) is 3.10. The van der Waals surface area contributed by atoms with Crippen LogP contribution in [0.25, 0.3) is 11.3 Å². The highest BCUT2D eigenvalue weighted by Gasteiger charge is 2.12. The molecule has 5 heteroatoms. The molecule has 1 heterocycles. The molecule has 0 aliphatic rings. The number of hydrogen-bond donors (Lipinski definition) is 1. The Labute approximate surface area is 161 Å². The second-order valence-corrected chi connectivity index (χ2v) is 6.40. The van der Waals surface area contributed by atoms with Crippen molar-refractivity contribution in [1.82, 2.24) is 9.97 Å². The second kappa shape index (κ2) is 9.03. The maximum absolute atomic E-state index is 5.45. The van der Waals surface area contributed by atoms with E-state index >= 15 is 0 Å². The number of anilines is 3. The molecule has 140 valence electrons. The number of unbranched alkanes of at least 4 members (excludes halogenated alkanes) is 1. The molecule has 0 aliphatic heterocycles. The van der Waals surface area contributed by atoms with Crippen molar-refractivity contribution < 1.29 is 4.74 Å². The minimum absolute atomic E-state index is 0.710. The predicted molar refractivity (Wildman–Crippen MR) is 112 cm³/mol. The van der Waals surface area contributed by atoms with Gasteiger partial charge in [-0.05, 0) is 18.6 Å². The van der Waals surface area contributed by atoms with E-state index in [1.54, 1.807) is 7.11 Å². The van der Waals surface area contributed by atoms with Gasteiger partial charge in [-0.1, -0.05) is 55.8 Å². The van der Waals surface area contributed by atoms with E-state index in [-0.39, 0.29) is 0 Å². The third kappa shape index (κ3) is 4.76. The lowest BCUT2D eigenvalue weighted by molar-refractivity contribution is 0.417. The highest BCUT2D eigenvalue weighted by molar-refractivity contribution is 5.70. The molecule has 3 rings (SSSR count). The minimum atomic E-state index is 0.710. The van der Waals surface area contributed by atoms with Gasteiger partial charge in [-0.25, -0.2) is 4.98 Å². The van der Waals surface area contributed by atoms with E-state index < -0.39 is 0 Å². The summed E-state index contributed by atoms with van der Waals surface area (Å²) in [5, 5.41) is 3.38. The molecule has 0 aliphatic carbocycles. The highest BCUT2D eigenvalue weighted by Crippen LogP contribution is 2.29. The number of benzene rings is 2. The smallest absolute Gasteiger partial charge is 0.227 e. The molecule has 1 aromatic heterocycles. The fourth-order valence-corrected chi connectivity index (χ4v) is 2.81. The van der Waals surface area contributed by atoms with Crippen LogP contribution in [0.5, 0.6) is 5.75 Å². The van der Waals surface area contributed by atoms with Crippen molar-refractivity contribution in [2.45, 2.75) is 19.8 Å². The van der Waals surface area contributed by atoms with Crippen molar-refractivity contribution in [3.8, 4) is 17.0 Å². The average Bonchev–Trinajstić information content (AvgIpc) is 2.72. The Morgan fingerprint density at radius 2 is 1.74 bits per heavy atom. The molecule has 0 saturated heterocycles. The van der Waals surface area contributed by atoms with Crippen molar-refractivity contribution in [1.29, 1.82) is 0 Å². The summed E-state index contributed by atoms with van der Waals surface area (Å²) in [5.74, 6) is 2.23. The van der Waals surface area contributed by atoms with E-state index in [0.29, 0.717) is 5.95 Å². The first-order valence-corrected chi connectivity index (χ1v) is 9.27. The maximum Gasteiger partial charge on any atom is 0.227 e. The van der Waals surface area contributed by atoms with Crippen LogP contribution in [-0.4, -0.2) is 30.7 Å². The summed E-state index contributed by atoms with van der Waals surface area (Å²) in [6.07, 6.45) is 2.24. The lowest BCUT2D eigenvalue weighted by atomic mass is 10.1. The monoisotopic (exact) mass is 362 g/mol. The first kappa shape index (κ1) is 18.7.